The Labute approximate surface area is 96.8 Å². The van der Waals surface area contributed by atoms with Crippen molar-refractivity contribution in [2.45, 2.75) is 32.7 Å². The van der Waals surface area contributed by atoms with E-state index in [-0.39, 0.29) is 6.04 Å². The van der Waals surface area contributed by atoms with Gasteiger partial charge in [0, 0.05) is 7.05 Å². The van der Waals surface area contributed by atoms with E-state index >= 15 is 0 Å². The minimum atomic E-state index is 0.282. The highest BCUT2D eigenvalue weighted by atomic mass is 35.5. The molecule has 2 atom stereocenters. The molecule has 2 unspecified atom stereocenters. The van der Waals surface area contributed by atoms with Crippen molar-refractivity contribution in [3.8, 4) is 0 Å². The van der Waals surface area contributed by atoms with Gasteiger partial charge in [-0.05, 0) is 19.4 Å². The number of nitrogens with one attached hydrogen (secondary N) is 1. The maximum Gasteiger partial charge on any atom is 0.0834 e. The molecule has 1 heterocycles. The van der Waals surface area contributed by atoms with Crippen LogP contribution in [0, 0.1) is 5.92 Å². The quantitative estimate of drug-likeness (QED) is 0.842. The van der Waals surface area contributed by atoms with E-state index in [0.717, 1.165) is 10.7 Å². The molecule has 0 amide bonds. The van der Waals surface area contributed by atoms with Crippen LogP contribution in [0.2, 0.25) is 5.02 Å². The summed E-state index contributed by atoms with van der Waals surface area (Å²) in [5.74, 6) is 0.563. The van der Waals surface area contributed by atoms with Crippen LogP contribution in [-0.2, 0) is 7.05 Å². The van der Waals surface area contributed by atoms with Gasteiger partial charge in [-0.3, -0.25) is 4.68 Å². The average Bonchev–Trinajstić information content (AvgIpc) is 2.51. The molecule has 0 aliphatic carbocycles. The highest BCUT2D eigenvalue weighted by molar-refractivity contribution is 6.31. The lowest BCUT2D eigenvalue weighted by Gasteiger charge is -2.23. The molecule has 0 aliphatic rings. The van der Waals surface area contributed by atoms with Crippen molar-refractivity contribution in [3.63, 3.8) is 0 Å². The summed E-state index contributed by atoms with van der Waals surface area (Å²) in [5, 5.41) is 8.25. The molecule has 0 saturated heterocycles. The lowest BCUT2D eigenvalue weighted by Crippen LogP contribution is -2.26. The second-order valence-electron chi connectivity index (χ2n) is 4.03. The Morgan fingerprint density at radius 3 is 2.67 bits per heavy atom. The first-order valence-corrected chi connectivity index (χ1v) is 5.84. The zero-order valence-electron chi connectivity index (χ0n) is 9.92. The summed E-state index contributed by atoms with van der Waals surface area (Å²) < 4.78 is 1.86. The molecule has 0 aliphatic heterocycles. The predicted octanol–water partition coefficient (Wildman–Crippen LogP) is 2.77. The van der Waals surface area contributed by atoms with Gasteiger partial charge in [-0.25, -0.2) is 0 Å². The van der Waals surface area contributed by atoms with Crippen LogP contribution in [-0.4, -0.2) is 16.8 Å². The first kappa shape index (κ1) is 12.5. The summed E-state index contributed by atoms with van der Waals surface area (Å²) in [6.45, 7) is 4.45. The summed E-state index contributed by atoms with van der Waals surface area (Å²) in [6, 6.07) is 0.282. The van der Waals surface area contributed by atoms with Gasteiger partial charge >= 0.3 is 0 Å². The van der Waals surface area contributed by atoms with Gasteiger partial charge in [-0.2, -0.15) is 5.10 Å². The molecular weight excluding hydrogens is 210 g/mol. The van der Waals surface area contributed by atoms with Crippen LogP contribution in [0.15, 0.2) is 6.20 Å². The lowest BCUT2D eigenvalue weighted by molar-refractivity contribution is 0.366. The van der Waals surface area contributed by atoms with E-state index in [4.69, 9.17) is 11.6 Å². The fraction of sp³-hybridized carbons (Fsp3) is 0.727. The van der Waals surface area contributed by atoms with Crippen LogP contribution >= 0.6 is 11.6 Å². The lowest BCUT2D eigenvalue weighted by atomic mass is 9.94. The molecular formula is C11H20ClN3. The number of rotatable bonds is 5. The fourth-order valence-electron chi connectivity index (χ4n) is 2.08. The summed E-state index contributed by atoms with van der Waals surface area (Å²) in [7, 11) is 3.91. The Morgan fingerprint density at radius 1 is 1.60 bits per heavy atom. The third kappa shape index (κ3) is 2.73. The number of nitrogens with zero attached hydrogens (tertiary/aromatic N) is 2. The largest absolute Gasteiger partial charge is 0.311 e. The highest BCUT2D eigenvalue weighted by Crippen LogP contribution is 2.29. The Kier molecular flexibility index (Phi) is 4.61. The van der Waals surface area contributed by atoms with E-state index in [9.17, 15) is 0 Å². The molecule has 1 aromatic heterocycles. The van der Waals surface area contributed by atoms with Crippen molar-refractivity contribution in [1.29, 1.82) is 0 Å². The van der Waals surface area contributed by atoms with Crippen LogP contribution in [0.5, 0.6) is 0 Å². The standard InChI is InChI=1S/C11H20ClN3/c1-5-6-8(2)10(13-3)11-9(12)7-14-15(11)4/h7-8,10,13H,5-6H2,1-4H3. The fourth-order valence-corrected chi connectivity index (χ4v) is 2.37. The maximum atomic E-state index is 6.14. The Hall–Kier alpha value is -0.540. The van der Waals surface area contributed by atoms with E-state index < -0.39 is 0 Å². The number of halogens is 1. The third-order valence-corrected chi connectivity index (χ3v) is 3.15. The van der Waals surface area contributed by atoms with Crippen molar-refractivity contribution >= 4 is 11.6 Å². The molecule has 1 N–H and O–H groups in total. The van der Waals surface area contributed by atoms with Crippen LogP contribution in [0.4, 0.5) is 0 Å². The number of aromatic nitrogens is 2. The highest BCUT2D eigenvalue weighted by Gasteiger charge is 2.22. The first-order chi connectivity index (χ1) is 7.11. The molecule has 1 aromatic rings. The molecule has 4 heteroatoms. The molecule has 0 saturated carbocycles. The monoisotopic (exact) mass is 229 g/mol. The van der Waals surface area contributed by atoms with Crippen molar-refractivity contribution in [1.82, 2.24) is 15.1 Å². The molecule has 0 radical (unpaired) electrons. The minimum Gasteiger partial charge on any atom is -0.311 e. The smallest absolute Gasteiger partial charge is 0.0834 e. The normalized spacial score (nSPS) is 15.3. The summed E-state index contributed by atoms with van der Waals surface area (Å²) in [5.41, 5.74) is 1.08. The second kappa shape index (κ2) is 5.52. The summed E-state index contributed by atoms with van der Waals surface area (Å²) in [6.07, 6.45) is 4.09. The molecule has 0 fully saturated rings. The van der Waals surface area contributed by atoms with Gasteiger partial charge in [0.2, 0.25) is 0 Å². The molecule has 15 heavy (non-hydrogen) atoms. The van der Waals surface area contributed by atoms with E-state index in [2.05, 4.69) is 24.3 Å². The van der Waals surface area contributed by atoms with Gasteiger partial charge in [-0.1, -0.05) is 31.9 Å². The zero-order valence-corrected chi connectivity index (χ0v) is 10.7. The van der Waals surface area contributed by atoms with Crippen LogP contribution in [0.3, 0.4) is 0 Å². The number of aryl methyl sites for hydroxylation is 1. The van der Waals surface area contributed by atoms with Gasteiger partial charge in [0.25, 0.3) is 0 Å². The number of hydrogen-bond acceptors (Lipinski definition) is 2. The van der Waals surface area contributed by atoms with Crippen molar-refractivity contribution in [2.75, 3.05) is 7.05 Å². The Balaban J connectivity index is 2.91. The SMILES string of the molecule is CCCC(C)C(NC)c1c(Cl)cnn1C. The van der Waals surface area contributed by atoms with Gasteiger partial charge in [0.05, 0.1) is 23.0 Å². The third-order valence-electron chi connectivity index (χ3n) is 2.86. The van der Waals surface area contributed by atoms with Crippen molar-refractivity contribution in [3.05, 3.63) is 16.9 Å². The van der Waals surface area contributed by atoms with E-state index in [1.807, 2.05) is 18.8 Å². The molecule has 0 aromatic carbocycles. The van der Waals surface area contributed by atoms with Crippen LogP contribution in [0.25, 0.3) is 0 Å². The zero-order chi connectivity index (χ0) is 11.4. The molecule has 86 valence electrons. The van der Waals surface area contributed by atoms with E-state index in [1.54, 1.807) is 6.20 Å². The van der Waals surface area contributed by atoms with Gasteiger partial charge in [0.15, 0.2) is 0 Å². The van der Waals surface area contributed by atoms with Gasteiger partial charge in [-0.15, -0.1) is 0 Å². The molecule has 0 bridgehead atoms. The van der Waals surface area contributed by atoms with E-state index in [0.29, 0.717) is 5.92 Å². The second-order valence-corrected chi connectivity index (χ2v) is 4.44. The molecule has 0 spiro atoms. The number of hydrogen-bond donors (Lipinski definition) is 1. The van der Waals surface area contributed by atoms with Gasteiger partial charge < -0.3 is 5.32 Å². The summed E-state index contributed by atoms with van der Waals surface area (Å²) in [4.78, 5) is 0. The van der Waals surface area contributed by atoms with Gasteiger partial charge in [0.1, 0.15) is 0 Å². The van der Waals surface area contributed by atoms with Crippen LogP contribution in [0.1, 0.15) is 38.4 Å². The predicted molar refractivity (Wildman–Crippen MR) is 64.1 cm³/mol. The maximum absolute atomic E-state index is 6.14. The first-order valence-electron chi connectivity index (χ1n) is 5.46. The topological polar surface area (TPSA) is 29.9 Å². The van der Waals surface area contributed by atoms with Crippen LogP contribution < -0.4 is 5.32 Å². The van der Waals surface area contributed by atoms with Crippen molar-refractivity contribution in [2.24, 2.45) is 13.0 Å². The molecule has 3 nitrogen and oxygen atoms in total. The Bertz CT molecular complexity index is 289. The molecule has 1 rings (SSSR count). The minimum absolute atomic E-state index is 0.282. The summed E-state index contributed by atoms with van der Waals surface area (Å²) >= 11 is 6.14. The van der Waals surface area contributed by atoms with E-state index in [1.165, 1.54) is 12.8 Å². The average molecular weight is 230 g/mol. The Morgan fingerprint density at radius 2 is 2.27 bits per heavy atom. The van der Waals surface area contributed by atoms with Crippen molar-refractivity contribution < 1.29 is 0 Å².